The van der Waals surface area contributed by atoms with Crippen LogP contribution in [-0.2, 0) is 9.59 Å². The minimum atomic E-state index is -5.06. The largest absolute Gasteiger partial charge is 0.497 e. The van der Waals surface area contributed by atoms with Crippen LogP contribution >= 0.6 is 0 Å². The van der Waals surface area contributed by atoms with E-state index in [-0.39, 0.29) is 13.1 Å². The molecular formula is C6H9BF3N2O2-. The Labute approximate surface area is 78.7 Å². The molecule has 0 aromatic heterocycles. The van der Waals surface area contributed by atoms with Gasteiger partial charge in [-0.25, -0.2) is 0 Å². The maximum absolute atomic E-state index is 12.0. The van der Waals surface area contributed by atoms with Gasteiger partial charge in [0.15, 0.2) is 0 Å². The van der Waals surface area contributed by atoms with E-state index in [4.69, 9.17) is 0 Å². The van der Waals surface area contributed by atoms with Crippen molar-refractivity contribution in [2.45, 2.75) is 0 Å². The summed E-state index contributed by atoms with van der Waals surface area (Å²) in [5.41, 5.74) is 0. The highest BCUT2D eigenvalue weighted by Crippen LogP contribution is 2.13. The van der Waals surface area contributed by atoms with Crippen molar-refractivity contribution in [3.05, 3.63) is 0 Å². The average Bonchev–Trinajstić information content (AvgIpc) is 2.04. The molecule has 0 aliphatic carbocycles. The van der Waals surface area contributed by atoms with Crippen molar-refractivity contribution >= 4 is 18.8 Å². The van der Waals surface area contributed by atoms with E-state index >= 15 is 0 Å². The van der Waals surface area contributed by atoms with E-state index in [2.05, 4.69) is 0 Å². The fraction of sp³-hybridized carbons (Fsp3) is 0.667. The number of amides is 2. The van der Waals surface area contributed by atoms with Crippen molar-refractivity contribution in [1.82, 2.24) is 9.80 Å². The number of likely N-dealkylation sites (N-methyl/N-ethyl adjacent to an activating group) is 1. The van der Waals surface area contributed by atoms with Gasteiger partial charge in [0.1, 0.15) is 0 Å². The maximum atomic E-state index is 12.0. The Morgan fingerprint density at radius 3 is 2.29 bits per heavy atom. The van der Waals surface area contributed by atoms with Gasteiger partial charge in [-0.15, -0.1) is 0 Å². The third kappa shape index (κ3) is 2.40. The molecule has 0 saturated carbocycles. The van der Waals surface area contributed by atoms with E-state index < -0.39 is 25.2 Å². The van der Waals surface area contributed by atoms with E-state index in [1.807, 2.05) is 0 Å². The van der Waals surface area contributed by atoms with Gasteiger partial charge in [-0.1, -0.05) is 0 Å². The van der Waals surface area contributed by atoms with E-state index in [9.17, 15) is 22.5 Å². The first-order valence-electron chi connectivity index (χ1n) is 4.06. The van der Waals surface area contributed by atoms with Crippen LogP contribution in [0.25, 0.3) is 0 Å². The zero-order chi connectivity index (χ0) is 10.9. The summed E-state index contributed by atoms with van der Waals surface area (Å²) in [6.07, 6.45) is -1.29. The number of hydrogen-bond acceptors (Lipinski definition) is 2. The Bertz CT molecular complexity index is 268. The molecule has 0 aromatic rings. The lowest BCUT2D eigenvalue weighted by Crippen LogP contribution is -2.55. The molecule has 0 radical (unpaired) electrons. The molecule has 2 amide bonds. The zero-order valence-corrected chi connectivity index (χ0v) is 7.54. The number of nitrogens with zero attached hydrogens (tertiary/aromatic N) is 2. The van der Waals surface area contributed by atoms with Crippen LogP contribution in [0.1, 0.15) is 0 Å². The van der Waals surface area contributed by atoms with Gasteiger partial charge >= 0.3 is 18.8 Å². The van der Waals surface area contributed by atoms with Crippen LogP contribution in [0.2, 0.25) is 0 Å². The molecule has 0 N–H and O–H groups in total. The van der Waals surface area contributed by atoms with Gasteiger partial charge in [0.2, 0.25) is 0 Å². The van der Waals surface area contributed by atoms with Crippen LogP contribution in [-0.4, -0.2) is 55.2 Å². The molecule has 0 bridgehead atoms. The highest BCUT2D eigenvalue weighted by molar-refractivity contribution is 6.59. The smallest absolute Gasteiger partial charge is 0.448 e. The van der Waals surface area contributed by atoms with Gasteiger partial charge in [0.25, 0.3) is 0 Å². The summed E-state index contributed by atoms with van der Waals surface area (Å²) in [6.45, 7) is -4.96. The van der Waals surface area contributed by atoms with Crippen molar-refractivity contribution < 1.29 is 22.5 Å². The predicted octanol–water partition coefficient (Wildman–Crippen LogP) is -0.326. The SMILES string of the molecule is CN1CCN(C[B-](F)(F)F)C(=O)C1=O. The zero-order valence-electron chi connectivity index (χ0n) is 7.54. The summed E-state index contributed by atoms with van der Waals surface area (Å²) in [5, 5.41) is 0. The Hall–Kier alpha value is -1.21. The summed E-state index contributed by atoms with van der Waals surface area (Å²) in [4.78, 5) is 23.7. The van der Waals surface area contributed by atoms with Gasteiger partial charge in [-0.05, 0) is 6.44 Å². The monoisotopic (exact) mass is 209 g/mol. The third-order valence-corrected chi connectivity index (χ3v) is 1.95. The molecule has 8 heteroatoms. The van der Waals surface area contributed by atoms with Crippen molar-refractivity contribution in [2.75, 3.05) is 26.6 Å². The summed E-state index contributed by atoms with van der Waals surface area (Å²) < 4.78 is 35.9. The molecule has 1 fully saturated rings. The first-order chi connectivity index (χ1) is 6.31. The summed E-state index contributed by atoms with van der Waals surface area (Å²) >= 11 is 0. The second-order valence-corrected chi connectivity index (χ2v) is 3.19. The Morgan fingerprint density at radius 1 is 1.21 bits per heavy atom. The van der Waals surface area contributed by atoms with E-state index in [0.29, 0.717) is 4.90 Å². The molecule has 1 heterocycles. The van der Waals surface area contributed by atoms with Crippen LogP contribution in [0.4, 0.5) is 12.9 Å². The second kappa shape index (κ2) is 3.51. The molecule has 0 aromatic carbocycles. The van der Waals surface area contributed by atoms with Crippen molar-refractivity contribution in [2.24, 2.45) is 0 Å². The molecular weight excluding hydrogens is 200 g/mol. The first-order valence-corrected chi connectivity index (χ1v) is 4.06. The molecule has 1 rings (SSSR count). The lowest BCUT2D eigenvalue weighted by Gasteiger charge is -2.34. The number of rotatable bonds is 2. The van der Waals surface area contributed by atoms with E-state index in [1.54, 1.807) is 0 Å². The van der Waals surface area contributed by atoms with Crippen LogP contribution < -0.4 is 0 Å². The third-order valence-electron chi connectivity index (χ3n) is 1.95. The highest BCUT2D eigenvalue weighted by Gasteiger charge is 2.35. The molecule has 1 saturated heterocycles. The van der Waals surface area contributed by atoms with Gasteiger partial charge in [-0.3, -0.25) is 9.59 Å². The molecule has 1 aliphatic heterocycles. The van der Waals surface area contributed by atoms with Gasteiger partial charge in [0, 0.05) is 20.1 Å². The summed E-state index contributed by atoms with van der Waals surface area (Å²) in [5.74, 6) is -1.95. The van der Waals surface area contributed by atoms with Crippen LogP contribution in [0.5, 0.6) is 0 Å². The topological polar surface area (TPSA) is 40.6 Å². The average molecular weight is 209 g/mol. The number of piperazine rings is 1. The normalized spacial score (nSPS) is 19.1. The predicted molar refractivity (Wildman–Crippen MR) is 43.3 cm³/mol. The quantitative estimate of drug-likeness (QED) is 0.461. The molecule has 1 aliphatic rings. The molecule has 0 unspecified atom stereocenters. The van der Waals surface area contributed by atoms with E-state index in [0.717, 1.165) is 4.90 Å². The van der Waals surface area contributed by atoms with Crippen molar-refractivity contribution in [3.63, 3.8) is 0 Å². The van der Waals surface area contributed by atoms with Gasteiger partial charge in [0.05, 0.1) is 0 Å². The van der Waals surface area contributed by atoms with Crippen molar-refractivity contribution in [1.29, 1.82) is 0 Å². The fourth-order valence-electron chi connectivity index (χ4n) is 1.20. The molecule has 0 spiro atoms. The van der Waals surface area contributed by atoms with Crippen LogP contribution in [0.3, 0.4) is 0 Å². The molecule has 80 valence electrons. The standard InChI is InChI=1S/C6H9BF3N2O2/c1-11-2-3-12(4-7(8,9)10)6(14)5(11)13/h2-4H2,1H3/q-1. The molecule has 14 heavy (non-hydrogen) atoms. The highest BCUT2D eigenvalue weighted by atomic mass is 19.4. The van der Waals surface area contributed by atoms with E-state index in [1.165, 1.54) is 7.05 Å². The fourth-order valence-corrected chi connectivity index (χ4v) is 1.20. The number of carbonyl (C=O) groups excluding carboxylic acids is 2. The van der Waals surface area contributed by atoms with Gasteiger partial charge < -0.3 is 22.7 Å². The minimum Gasteiger partial charge on any atom is -0.448 e. The Balaban J connectivity index is 2.65. The number of halogens is 3. The van der Waals surface area contributed by atoms with Gasteiger partial charge in [-0.2, -0.15) is 0 Å². The lowest BCUT2D eigenvalue weighted by molar-refractivity contribution is -0.154. The second-order valence-electron chi connectivity index (χ2n) is 3.19. The minimum absolute atomic E-state index is 0.0532. The van der Waals surface area contributed by atoms with Crippen LogP contribution in [0.15, 0.2) is 0 Å². The Kier molecular flexibility index (Phi) is 2.72. The maximum Gasteiger partial charge on any atom is 0.497 e. The molecule has 4 nitrogen and oxygen atoms in total. The number of hydrogen-bond donors (Lipinski definition) is 0. The first kappa shape index (κ1) is 10.9. The summed E-state index contributed by atoms with van der Waals surface area (Å²) in [6, 6.07) is 0. The Morgan fingerprint density at radius 2 is 1.79 bits per heavy atom. The van der Waals surface area contributed by atoms with Crippen molar-refractivity contribution in [3.8, 4) is 0 Å². The number of carbonyl (C=O) groups is 2. The lowest BCUT2D eigenvalue weighted by atomic mass is 9.91. The van der Waals surface area contributed by atoms with Crippen LogP contribution in [0, 0.1) is 0 Å². The summed E-state index contributed by atoms with van der Waals surface area (Å²) in [7, 11) is 1.39. The molecule has 0 atom stereocenters.